The van der Waals surface area contributed by atoms with E-state index in [1.54, 1.807) is 6.92 Å². The molecule has 4 aliphatic carbocycles. The van der Waals surface area contributed by atoms with Crippen molar-refractivity contribution in [2.75, 3.05) is 0 Å². The molecule has 3 heteroatoms. The zero-order chi connectivity index (χ0) is 10.8. The zero-order valence-electron chi connectivity index (χ0n) is 8.95. The van der Waals surface area contributed by atoms with Crippen LogP contribution in [0.3, 0.4) is 0 Å². The lowest BCUT2D eigenvalue weighted by Gasteiger charge is -2.57. The summed E-state index contributed by atoms with van der Waals surface area (Å²) in [5.41, 5.74) is -1.52. The smallest absolute Gasteiger partial charge is 0.167 e. The van der Waals surface area contributed by atoms with E-state index < -0.39 is 5.60 Å². The molecule has 4 atom stereocenters. The molecule has 0 spiro atoms. The molecule has 0 aliphatic heterocycles. The monoisotopic (exact) mass is 208 g/mol. The molecule has 0 aromatic rings. The Morgan fingerprint density at radius 2 is 2.13 bits per heavy atom. The number of carbonyl (C=O) groups is 2. The van der Waals surface area contributed by atoms with Crippen LogP contribution in [0, 0.1) is 17.3 Å². The number of ketones is 2. The molecule has 0 saturated heterocycles. The van der Waals surface area contributed by atoms with E-state index in [9.17, 15) is 14.7 Å². The molecule has 1 N–H and O–H groups in total. The molecule has 3 nitrogen and oxygen atoms in total. The Morgan fingerprint density at radius 1 is 1.40 bits per heavy atom. The van der Waals surface area contributed by atoms with Crippen molar-refractivity contribution in [1.29, 1.82) is 0 Å². The van der Waals surface area contributed by atoms with E-state index in [-0.39, 0.29) is 22.9 Å². The molecular weight excluding hydrogens is 192 g/mol. The average molecular weight is 208 g/mol. The Bertz CT molecular complexity index is 362. The Hall–Kier alpha value is -0.700. The summed E-state index contributed by atoms with van der Waals surface area (Å²) in [5, 5.41) is 10.3. The second-order valence-electron chi connectivity index (χ2n) is 5.82. The van der Waals surface area contributed by atoms with Crippen molar-refractivity contribution < 1.29 is 14.7 Å². The molecule has 4 rings (SSSR count). The molecule has 0 heterocycles. The van der Waals surface area contributed by atoms with Gasteiger partial charge in [-0.3, -0.25) is 9.59 Å². The summed E-state index contributed by atoms with van der Waals surface area (Å²) in [5.74, 6) is 0.530. The fourth-order valence-corrected chi connectivity index (χ4v) is 4.27. The molecule has 4 bridgehead atoms. The average Bonchev–Trinajstić information content (AvgIpc) is 2.12. The van der Waals surface area contributed by atoms with Gasteiger partial charge in [-0.25, -0.2) is 0 Å². The van der Waals surface area contributed by atoms with E-state index in [1.165, 1.54) is 0 Å². The first-order chi connectivity index (χ1) is 6.95. The van der Waals surface area contributed by atoms with Crippen molar-refractivity contribution in [2.24, 2.45) is 17.3 Å². The summed E-state index contributed by atoms with van der Waals surface area (Å²) in [6.45, 7) is 1.61. The third kappa shape index (κ3) is 1.05. The summed E-state index contributed by atoms with van der Waals surface area (Å²) in [7, 11) is 0. The molecule has 4 fully saturated rings. The van der Waals surface area contributed by atoms with Gasteiger partial charge in [-0.15, -0.1) is 0 Å². The first-order valence-electron chi connectivity index (χ1n) is 5.73. The SMILES string of the molecule is CC(=O)C12CC3CC(C1)C(=O)C(O)(C3)C2. The van der Waals surface area contributed by atoms with Crippen LogP contribution in [0.4, 0.5) is 0 Å². The first kappa shape index (κ1) is 9.52. The number of hydrogen-bond donors (Lipinski definition) is 1. The van der Waals surface area contributed by atoms with E-state index in [4.69, 9.17) is 0 Å². The highest BCUT2D eigenvalue weighted by Crippen LogP contribution is 2.60. The number of hydrogen-bond acceptors (Lipinski definition) is 3. The minimum atomic E-state index is -1.16. The molecule has 82 valence electrons. The van der Waals surface area contributed by atoms with Gasteiger partial charge in [0.25, 0.3) is 0 Å². The molecular formula is C12H16O3. The third-order valence-corrected chi connectivity index (χ3v) is 4.77. The minimum absolute atomic E-state index is 0.00956. The molecule has 0 amide bonds. The number of carbonyl (C=O) groups excluding carboxylic acids is 2. The standard InChI is InChI=1S/C12H16O3/c1-7(13)11-3-8-2-9(5-11)10(14)12(15,4-8)6-11/h8-9,15H,2-6H2,1H3. The van der Waals surface area contributed by atoms with Gasteiger partial charge in [0.05, 0.1) is 0 Å². The Kier molecular flexibility index (Phi) is 1.59. The topological polar surface area (TPSA) is 54.4 Å². The second-order valence-corrected chi connectivity index (χ2v) is 5.82. The highest BCUT2D eigenvalue weighted by atomic mass is 16.3. The summed E-state index contributed by atoms with van der Waals surface area (Å²) < 4.78 is 0. The Morgan fingerprint density at radius 3 is 2.73 bits per heavy atom. The van der Waals surface area contributed by atoms with Gasteiger partial charge in [0.1, 0.15) is 11.4 Å². The van der Waals surface area contributed by atoms with Crippen molar-refractivity contribution in [3.63, 3.8) is 0 Å². The van der Waals surface area contributed by atoms with Gasteiger partial charge < -0.3 is 5.11 Å². The maximum absolute atomic E-state index is 11.9. The summed E-state index contributed by atoms with van der Waals surface area (Å²) in [6.07, 6.45) is 3.48. The lowest BCUT2D eigenvalue weighted by molar-refractivity contribution is -0.184. The van der Waals surface area contributed by atoms with Crippen molar-refractivity contribution in [3.8, 4) is 0 Å². The predicted molar refractivity (Wildman–Crippen MR) is 53.1 cm³/mol. The van der Waals surface area contributed by atoms with Gasteiger partial charge in [-0.2, -0.15) is 0 Å². The minimum Gasteiger partial charge on any atom is -0.382 e. The molecule has 4 unspecified atom stereocenters. The van der Waals surface area contributed by atoms with E-state index in [2.05, 4.69) is 0 Å². The molecule has 0 aromatic carbocycles. The zero-order valence-corrected chi connectivity index (χ0v) is 8.95. The molecule has 0 aromatic heterocycles. The molecule has 4 saturated carbocycles. The van der Waals surface area contributed by atoms with Crippen LogP contribution in [0.1, 0.15) is 39.0 Å². The highest BCUT2D eigenvalue weighted by molar-refractivity contribution is 5.95. The number of Topliss-reactive ketones (excluding diaryl/α,β-unsaturated/α-hetero) is 2. The third-order valence-electron chi connectivity index (χ3n) is 4.77. The normalized spacial score (nSPS) is 52.3. The highest BCUT2D eigenvalue weighted by Gasteiger charge is 2.63. The molecule has 0 radical (unpaired) electrons. The van der Waals surface area contributed by atoms with Crippen LogP contribution in [0.2, 0.25) is 0 Å². The van der Waals surface area contributed by atoms with Gasteiger partial charge in [0.15, 0.2) is 5.78 Å². The van der Waals surface area contributed by atoms with Gasteiger partial charge in [0.2, 0.25) is 0 Å². The number of aliphatic hydroxyl groups is 1. The predicted octanol–water partition coefficient (Wildman–Crippen LogP) is 1.09. The molecule has 4 aliphatic rings. The van der Waals surface area contributed by atoms with Crippen LogP contribution in [-0.2, 0) is 9.59 Å². The van der Waals surface area contributed by atoms with Crippen molar-refractivity contribution in [1.82, 2.24) is 0 Å². The fraction of sp³-hybridized carbons (Fsp3) is 0.833. The quantitative estimate of drug-likeness (QED) is 0.701. The molecule has 15 heavy (non-hydrogen) atoms. The van der Waals surface area contributed by atoms with Crippen LogP contribution in [-0.4, -0.2) is 22.3 Å². The van der Waals surface area contributed by atoms with Crippen molar-refractivity contribution in [3.05, 3.63) is 0 Å². The maximum Gasteiger partial charge on any atom is 0.167 e. The lowest BCUT2D eigenvalue weighted by atomic mass is 9.46. The maximum atomic E-state index is 11.9. The van der Waals surface area contributed by atoms with Crippen molar-refractivity contribution >= 4 is 11.6 Å². The first-order valence-corrected chi connectivity index (χ1v) is 5.73. The van der Waals surface area contributed by atoms with Crippen LogP contribution in [0.5, 0.6) is 0 Å². The Labute approximate surface area is 88.9 Å². The van der Waals surface area contributed by atoms with Gasteiger partial charge >= 0.3 is 0 Å². The lowest BCUT2D eigenvalue weighted by Crippen LogP contribution is -2.63. The van der Waals surface area contributed by atoms with E-state index in [0.717, 1.165) is 12.8 Å². The van der Waals surface area contributed by atoms with Crippen molar-refractivity contribution in [2.45, 2.75) is 44.6 Å². The second kappa shape index (κ2) is 2.51. The number of rotatable bonds is 1. The largest absolute Gasteiger partial charge is 0.382 e. The van der Waals surface area contributed by atoms with E-state index in [1.807, 2.05) is 0 Å². The van der Waals surface area contributed by atoms with E-state index in [0.29, 0.717) is 25.2 Å². The fourth-order valence-electron chi connectivity index (χ4n) is 4.27. The summed E-state index contributed by atoms with van der Waals surface area (Å²) in [4.78, 5) is 23.6. The van der Waals surface area contributed by atoms with Gasteiger partial charge in [-0.05, 0) is 44.9 Å². The van der Waals surface area contributed by atoms with Crippen LogP contribution in [0.25, 0.3) is 0 Å². The van der Waals surface area contributed by atoms with Crippen LogP contribution < -0.4 is 0 Å². The summed E-state index contributed by atoms with van der Waals surface area (Å²) >= 11 is 0. The Balaban J connectivity index is 2.06. The van der Waals surface area contributed by atoms with Gasteiger partial charge in [-0.1, -0.05) is 0 Å². The van der Waals surface area contributed by atoms with E-state index >= 15 is 0 Å². The van der Waals surface area contributed by atoms with Crippen LogP contribution in [0.15, 0.2) is 0 Å². The van der Waals surface area contributed by atoms with Gasteiger partial charge in [0, 0.05) is 11.3 Å². The summed E-state index contributed by atoms with van der Waals surface area (Å²) in [6, 6.07) is 0. The van der Waals surface area contributed by atoms with Crippen LogP contribution >= 0.6 is 0 Å².